The molecule has 3 aromatic rings. The molecule has 138 valence electrons. The molecule has 0 saturated heterocycles. The number of aromatic nitrogens is 1. The summed E-state index contributed by atoms with van der Waals surface area (Å²) in [6, 6.07) is 13.1. The van der Waals surface area contributed by atoms with Gasteiger partial charge in [-0.1, -0.05) is 12.1 Å². The minimum atomic E-state index is -0.388. The molecule has 0 aliphatic rings. The SMILES string of the molecule is CC(=O)Nc1ccc(NC(=O)CCc2ncc(-c3ccccc3F)o2)cc1. The number of benzene rings is 2. The molecule has 1 heterocycles. The van der Waals surface area contributed by atoms with Gasteiger partial charge >= 0.3 is 0 Å². The standard InChI is InChI=1S/C20H18FN3O3/c1-13(25)23-14-6-8-15(9-7-14)24-19(26)10-11-20-22-12-18(27-20)16-4-2-3-5-17(16)21/h2-9,12H,10-11H2,1H3,(H,23,25)(H,24,26). The zero-order valence-corrected chi connectivity index (χ0v) is 14.7. The van der Waals surface area contributed by atoms with Crippen LogP contribution in [0.5, 0.6) is 0 Å². The number of halogens is 1. The topological polar surface area (TPSA) is 84.2 Å². The highest BCUT2D eigenvalue weighted by Crippen LogP contribution is 2.23. The fourth-order valence-corrected chi connectivity index (χ4v) is 2.50. The molecular formula is C20H18FN3O3. The van der Waals surface area contributed by atoms with Crippen LogP contribution < -0.4 is 10.6 Å². The first-order valence-corrected chi connectivity index (χ1v) is 8.38. The van der Waals surface area contributed by atoms with Crippen LogP contribution in [0.15, 0.2) is 59.1 Å². The molecule has 2 N–H and O–H groups in total. The first kappa shape index (κ1) is 18.3. The smallest absolute Gasteiger partial charge is 0.224 e. The maximum atomic E-state index is 13.8. The highest BCUT2D eigenvalue weighted by atomic mass is 19.1. The molecule has 2 aromatic carbocycles. The van der Waals surface area contributed by atoms with Crippen molar-refractivity contribution in [3.05, 3.63) is 66.4 Å². The van der Waals surface area contributed by atoms with Gasteiger partial charge < -0.3 is 15.1 Å². The number of carbonyl (C=O) groups is 2. The van der Waals surface area contributed by atoms with Gasteiger partial charge in [0.2, 0.25) is 11.8 Å². The molecule has 0 aliphatic heterocycles. The predicted octanol–water partition coefficient (Wildman–Crippen LogP) is 4.01. The quantitative estimate of drug-likeness (QED) is 0.689. The largest absolute Gasteiger partial charge is 0.441 e. The van der Waals surface area contributed by atoms with Gasteiger partial charge in [0.1, 0.15) is 5.82 Å². The van der Waals surface area contributed by atoms with Crippen LogP contribution in [0.3, 0.4) is 0 Å². The third kappa shape index (κ3) is 5.01. The van der Waals surface area contributed by atoms with E-state index < -0.39 is 0 Å². The number of amides is 2. The molecule has 6 nitrogen and oxygen atoms in total. The second kappa shape index (κ2) is 8.27. The van der Waals surface area contributed by atoms with E-state index in [0.29, 0.717) is 35.0 Å². The Balaban J connectivity index is 1.54. The normalized spacial score (nSPS) is 10.4. The van der Waals surface area contributed by atoms with Crippen molar-refractivity contribution in [2.75, 3.05) is 10.6 Å². The first-order chi connectivity index (χ1) is 13.0. The maximum Gasteiger partial charge on any atom is 0.224 e. The Hall–Kier alpha value is -3.48. The van der Waals surface area contributed by atoms with Gasteiger partial charge in [-0.2, -0.15) is 0 Å². The van der Waals surface area contributed by atoms with Crippen LogP contribution in [0.4, 0.5) is 15.8 Å². The Labute approximate surface area is 155 Å². The molecule has 0 aliphatic carbocycles. The van der Waals surface area contributed by atoms with E-state index in [1.807, 2.05) is 0 Å². The van der Waals surface area contributed by atoms with Crippen LogP contribution in [0.2, 0.25) is 0 Å². The van der Waals surface area contributed by atoms with Crippen LogP contribution in [-0.2, 0) is 16.0 Å². The minimum Gasteiger partial charge on any atom is -0.441 e. The molecule has 0 spiro atoms. The van der Waals surface area contributed by atoms with E-state index in [0.717, 1.165) is 0 Å². The van der Waals surface area contributed by atoms with Gasteiger partial charge in [-0.05, 0) is 36.4 Å². The molecule has 0 bridgehead atoms. The van der Waals surface area contributed by atoms with Gasteiger partial charge in [0, 0.05) is 31.1 Å². The third-order valence-corrected chi connectivity index (χ3v) is 3.75. The van der Waals surface area contributed by atoms with E-state index in [4.69, 9.17) is 4.42 Å². The van der Waals surface area contributed by atoms with Crippen LogP contribution >= 0.6 is 0 Å². The molecule has 2 amide bonds. The van der Waals surface area contributed by atoms with Crippen molar-refractivity contribution in [1.29, 1.82) is 0 Å². The number of carbonyl (C=O) groups excluding carboxylic acids is 2. The minimum absolute atomic E-state index is 0.160. The van der Waals surface area contributed by atoms with Crippen molar-refractivity contribution in [3.63, 3.8) is 0 Å². The van der Waals surface area contributed by atoms with Crippen molar-refractivity contribution in [2.45, 2.75) is 19.8 Å². The van der Waals surface area contributed by atoms with Crippen molar-refractivity contribution in [3.8, 4) is 11.3 Å². The van der Waals surface area contributed by atoms with Crippen molar-refractivity contribution < 1.29 is 18.4 Å². The molecule has 27 heavy (non-hydrogen) atoms. The van der Waals surface area contributed by atoms with E-state index in [1.54, 1.807) is 42.5 Å². The summed E-state index contributed by atoms with van der Waals surface area (Å²) < 4.78 is 19.3. The number of nitrogens with one attached hydrogen (secondary N) is 2. The van der Waals surface area contributed by atoms with Gasteiger partial charge in [-0.25, -0.2) is 9.37 Å². The molecule has 3 rings (SSSR count). The predicted molar refractivity (Wildman–Crippen MR) is 99.6 cm³/mol. The Morgan fingerprint density at radius 1 is 1.04 bits per heavy atom. The number of hydrogen-bond donors (Lipinski definition) is 2. The summed E-state index contributed by atoms with van der Waals surface area (Å²) in [4.78, 5) is 27.2. The molecule has 0 unspecified atom stereocenters. The van der Waals surface area contributed by atoms with Crippen LogP contribution in [0, 0.1) is 5.82 Å². The monoisotopic (exact) mass is 367 g/mol. The summed E-state index contributed by atoms with van der Waals surface area (Å²) in [5.74, 6) is -0.0532. The summed E-state index contributed by atoms with van der Waals surface area (Å²) in [6.07, 6.45) is 1.92. The lowest BCUT2D eigenvalue weighted by Gasteiger charge is -2.06. The van der Waals surface area contributed by atoms with Crippen molar-refractivity contribution in [1.82, 2.24) is 4.98 Å². The number of oxazole rings is 1. The highest BCUT2D eigenvalue weighted by molar-refractivity contribution is 5.92. The van der Waals surface area contributed by atoms with E-state index in [9.17, 15) is 14.0 Å². The Morgan fingerprint density at radius 3 is 2.37 bits per heavy atom. The number of nitrogens with zero attached hydrogens (tertiary/aromatic N) is 1. The lowest BCUT2D eigenvalue weighted by Crippen LogP contribution is -2.12. The zero-order valence-electron chi connectivity index (χ0n) is 14.7. The summed E-state index contributed by atoms with van der Waals surface area (Å²) in [6.45, 7) is 1.43. The van der Waals surface area contributed by atoms with E-state index in [2.05, 4.69) is 15.6 Å². The Kier molecular flexibility index (Phi) is 5.61. The van der Waals surface area contributed by atoms with Crippen LogP contribution in [0.25, 0.3) is 11.3 Å². The van der Waals surface area contributed by atoms with E-state index >= 15 is 0 Å². The van der Waals surface area contributed by atoms with Crippen molar-refractivity contribution in [2.24, 2.45) is 0 Å². The second-order valence-electron chi connectivity index (χ2n) is 5.90. The third-order valence-electron chi connectivity index (χ3n) is 3.75. The van der Waals surface area contributed by atoms with Crippen molar-refractivity contribution >= 4 is 23.2 Å². The van der Waals surface area contributed by atoms with Gasteiger partial charge in [-0.3, -0.25) is 9.59 Å². The maximum absolute atomic E-state index is 13.8. The molecule has 1 aromatic heterocycles. The molecular weight excluding hydrogens is 349 g/mol. The number of rotatable bonds is 6. The average Bonchev–Trinajstić information content (AvgIpc) is 3.10. The highest BCUT2D eigenvalue weighted by Gasteiger charge is 2.12. The molecule has 0 atom stereocenters. The fraction of sp³-hybridized carbons (Fsp3) is 0.150. The summed E-state index contributed by atoms with van der Waals surface area (Å²) in [5, 5.41) is 5.41. The molecule has 0 saturated carbocycles. The van der Waals surface area contributed by atoms with Gasteiger partial charge in [0.25, 0.3) is 0 Å². The summed E-state index contributed by atoms with van der Waals surface area (Å²) >= 11 is 0. The van der Waals surface area contributed by atoms with Crippen LogP contribution in [-0.4, -0.2) is 16.8 Å². The molecule has 0 radical (unpaired) electrons. The van der Waals surface area contributed by atoms with Gasteiger partial charge in [0.15, 0.2) is 11.7 Å². The summed E-state index contributed by atoms with van der Waals surface area (Å²) in [5.41, 5.74) is 1.61. The fourth-order valence-electron chi connectivity index (χ4n) is 2.50. The zero-order chi connectivity index (χ0) is 19.2. The van der Waals surface area contributed by atoms with E-state index in [-0.39, 0.29) is 24.1 Å². The van der Waals surface area contributed by atoms with Gasteiger partial charge in [0.05, 0.1) is 11.8 Å². The summed E-state index contributed by atoms with van der Waals surface area (Å²) in [7, 11) is 0. The van der Waals surface area contributed by atoms with Crippen LogP contribution in [0.1, 0.15) is 19.2 Å². The Morgan fingerprint density at radius 2 is 1.70 bits per heavy atom. The lowest BCUT2D eigenvalue weighted by atomic mass is 10.2. The number of anilines is 2. The second-order valence-corrected chi connectivity index (χ2v) is 5.90. The van der Waals surface area contributed by atoms with Gasteiger partial charge in [-0.15, -0.1) is 0 Å². The number of hydrogen-bond acceptors (Lipinski definition) is 4. The van der Waals surface area contributed by atoms with E-state index in [1.165, 1.54) is 19.2 Å². The Bertz CT molecular complexity index is 951. The first-order valence-electron chi connectivity index (χ1n) is 8.38. The molecule has 0 fully saturated rings. The molecule has 7 heteroatoms. The lowest BCUT2D eigenvalue weighted by molar-refractivity contribution is -0.116. The number of aryl methyl sites for hydroxylation is 1. The average molecular weight is 367 g/mol.